The van der Waals surface area contributed by atoms with Gasteiger partial charge in [-0.15, -0.1) is 16.7 Å². The molecule has 4 heteroatoms. The van der Waals surface area contributed by atoms with E-state index >= 15 is 0 Å². The third-order valence-corrected chi connectivity index (χ3v) is 3.71. The zero-order valence-electron chi connectivity index (χ0n) is 8.70. The summed E-state index contributed by atoms with van der Waals surface area (Å²) in [5.41, 5.74) is 1.28. The van der Waals surface area contributed by atoms with Crippen molar-refractivity contribution in [1.82, 2.24) is 15.0 Å². The fourth-order valence-electron chi connectivity index (χ4n) is 1.97. The first kappa shape index (κ1) is 9.97. The number of rotatable bonds is 4. The SMILES string of the molecule is Cn1cc(CC(C)(CCl)C2CC2)nn1. The molecule has 1 aromatic heterocycles. The first-order chi connectivity index (χ1) is 6.64. The zero-order valence-corrected chi connectivity index (χ0v) is 9.46. The summed E-state index contributed by atoms with van der Waals surface area (Å²) >= 11 is 6.05. The molecule has 0 aromatic carbocycles. The van der Waals surface area contributed by atoms with Gasteiger partial charge in [-0.3, -0.25) is 4.68 Å². The van der Waals surface area contributed by atoms with E-state index in [4.69, 9.17) is 11.6 Å². The number of hydrogen-bond donors (Lipinski definition) is 0. The van der Waals surface area contributed by atoms with E-state index in [-0.39, 0.29) is 5.41 Å². The fourth-order valence-corrected chi connectivity index (χ4v) is 2.28. The van der Waals surface area contributed by atoms with Gasteiger partial charge in [-0.1, -0.05) is 12.1 Å². The summed E-state index contributed by atoms with van der Waals surface area (Å²) in [6, 6.07) is 0. The minimum absolute atomic E-state index is 0.220. The van der Waals surface area contributed by atoms with Gasteiger partial charge in [-0.25, -0.2) is 0 Å². The second-order valence-corrected chi connectivity index (χ2v) is 4.89. The molecule has 0 N–H and O–H groups in total. The number of halogens is 1. The van der Waals surface area contributed by atoms with Gasteiger partial charge in [0, 0.05) is 19.1 Å². The third-order valence-electron chi connectivity index (χ3n) is 3.10. The molecule has 1 aliphatic rings. The van der Waals surface area contributed by atoms with Gasteiger partial charge in [0.1, 0.15) is 0 Å². The molecule has 0 radical (unpaired) electrons. The Balaban J connectivity index is 2.07. The largest absolute Gasteiger partial charge is 0.255 e. The summed E-state index contributed by atoms with van der Waals surface area (Å²) in [4.78, 5) is 0. The molecule has 0 saturated heterocycles. The molecule has 1 saturated carbocycles. The Morgan fingerprint density at radius 1 is 1.64 bits per heavy atom. The molecule has 1 fully saturated rings. The Morgan fingerprint density at radius 3 is 2.79 bits per heavy atom. The molecule has 0 spiro atoms. The Morgan fingerprint density at radius 2 is 2.36 bits per heavy atom. The van der Waals surface area contributed by atoms with Crippen molar-refractivity contribution < 1.29 is 0 Å². The van der Waals surface area contributed by atoms with Crippen LogP contribution in [0.1, 0.15) is 25.5 Å². The molecular weight excluding hydrogens is 198 g/mol. The molecule has 1 aliphatic carbocycles. The summed E-state index contributed by atoms with van der Waals surface area (Å²) in [7, 11) is 1.89. The monoisotopic (exact) mass is 213 g/mol. The topological polar surface area (TPSA) is 30.7 Å². The molecule has 14 heavy (non-hydrogen) atoms. The van der Waals surface area contributed by atoms with Gasteiger partial charge in [-0.2, -0.15) is 0 Å². The van der Waals surface area contributed by atoms with E-state index in [0.717, 1.165) is 18.0 Å². The maximum absolute atomic E-state index is 6.05. The van der Waals surface area contributed by atoms with Crippen molar-refractivity contribution in [2.75, 3.05) is 5.88 Å². The van der Waals surface area contributed by atoms with E-state index in [2.05, 4.69) is 17.2 Å². The Kier molecular flexibility index (Phi) is 2.52. The highest BCUT2D eigenvalue weighted by atomic mass is 35.5. The zero-order chi connectivity index (χ0) is 10.2. The van der Waals surface area contributed by atoms with Gasteiger partial charge in [0.15, 0.2) is 0 Å². The predicted octanol–water partition coefficient (Wildman–Crippen LogP) is 2.01. The Labute approximate surface area is 89.4 Å². The van der Waals surface area contributed by atoms with Crippen LogP contribution < -0.4 is 0 Å². The average Bonchev–Trinajstić information content (AvgIpc) is 2.93. The lowest BCUT2D eigenvalue weighted by atomic mass is 9.82. The lowest BCUT2D eigenvalue weighted by molar-refractivity contribution is 0.310. The van der Waals surface area contributed by atoms with E-state index < -0.39 is 0 Å². The van der Waals surface area contributed by atoms with Crippen molar-refractivity contribution in [3.63, 3.8) is 0 Å². The van der Waals surface area contributed by atoms with Gasteiger partial charge in [-0.05, 0) is 30.6 Å². The second kappa shape index (κ2) is 3.54. The summed E-state index contributed by atoms with van der Waals surface area (Å²) in [6.45, 7) is 2.26. The van der Waals surface area contributed by atoms with E-state index in [1.807, 2.05) is 13.2 Å². The molecule has 0 aliphatic heterocycles. The molecule has 1 unspecified atom stereocenters. The maximum Gasteiger partial charge on any atom is 0.0832 e. The minimum atomic E-state index is 0.220. The maximum atomic E-state index is 6.05. The van der Waals surface area contributed by atoms with Crippen molar-refractivity contribution in [3.8, 4) is 0 Å². The van der Waals surface area contributed by atoms with Crippen LogP contribution in [0.5, 0.6) is 0 Å². The van der Waals surface area contributed by atoms with Crippen LogP contribution in [0.4, 0.5) is 0 Å². The van der Waals surface area contributed by atoms with E-state index in [9.17, 15) is 0 Å². The molecule has 1 aromatic rings. The molecule has 3 nitrogen and oxygen atoms in total. The van der Waals surface area contributed by atoms with Crippen LogP contribution in [0.2, 0.25) is 0 Å². The fraction of sp³-hybridized carbons (Fsp3) is 0.800. The highest BCUT2D eigenvalue weighted by Gasteiger charge is 2.41. The molecule has 1 atom stereocenters. The van der Waals surface area contributed by atoms with E-state index in [1.54, 1.807) is 4.68 Å². The normalized spacial score (nSPS) is 20.8. The summed E-state index contributed by atoms with van der Waals surface area (Å²) in [6.07, 6.45) is 5.58. The number of alkyl halides is 1. The predicted molar refractivity (Wildman–Crippen MR) is 56.3 cm³/mol. The van der Waals surface area contributed by atoms with Crippen molar-refractivity contribution in [2.45, 2.75) is 26.2 Å². The number of aromatic nitrogens is 3. The lowest BCUT2D eigenvalue weighted by Gasteiger charge is -2.25. The summed E-state index contributed by atoms with van der Waals surface area (Å²) in [5.74, 6) is 1.51. The smallest absolute Gasteiger partial charge is 0.0832 e. The molecule has 78 valence electrons. The number of nitrogens with zero attached hydrogens (tertiary/aromatic N) is 3. The van der Waals surface area contributed by atoms with E-state index in [1.165, 1.54) is 12.8 Å². The molecule has 2 rings (SSSR count). The highest BCUT2D eigenvalue weighted by molar-refractivity contribution is 6.18. The van der Waals surface area contributed by atoms with Crippen LogP contribution in [-0.2, 0) is 13.5 Å². The standard InChI is InChI=1S/C10H16ClN3/c1-10(7-11,8-3-4-8)5-9-6-14(2)13-12-9/h6,8H,3-5,7H2,1-2H3. The van der Waals surface area contributed by atoms with Crippen molar-refractivity contribution in [3.05, 3.63) is 11.9 Å². The molecule has 0 bridgehead atoms. The highest BCUT2D eigenvalue weighted by Crippen LogP contribution is 2.47. The van der Waals surface area contributed by atoms with E-state index in [0.29, 0.717) is 5.88 Å². The van der Waals surface area contributed by atoms with Crippen LogP contribution in [-0.4, -0.2) is 20.9 Å². The lowest BCUT2D eigenvalue weighted by Crippen LogP contribution is -2.24. The minimum Gasteiger partial charge on any atom is -0.255 e. The first-order valence-electron chi connectivity index (χ1n) is 5.05. The van der Waals surface area contributed by atoms with Crippen LogP contribution in [0.25, 0.3) is 0 Å². The van der Waals surface area contributed by atoms with Gasteiger partial charge >= 0.3 is 0 Å². The van der Waals surface area contributed by atoms with Crippen LogP contribution in [0.3, 0.4) is 0 Å². The second-order valence-electron chi connectivity index (χ2n) is 4.62. The van der Waals surface area contributed by atoms with Gasteiger partial charge in [0.2, 0.25) is 0 Å². The number of hydrogen-bond acceptors (Lipinski definition) is 2. The van der Waals surface area contributed by atoms with Crippen molar-refractivity contribution >= 4 is 11.6 Å². The molecule has 1 heterocycles. The quantitative estimate of drug-likeness (QED) is 0.717. The Hall–Kier alpha value is -0.570. The summed E-state index contributed by atoms with van der Waals surface area (Å²) < 4.78 is 1.75. The van der Waals surface area contributed by atoms with Crippen LogP contribution in [0, 0.1) is 11.3 Å². The summed E-state index contributed by atoms with van der Waals surface area (Å²) in [5, 5.41) is 8.05. The van der Waals surface area contributed by atoms with Crippen LogP contribution >= 0.6 is 11.6 Å². The Bertz CT molecular complexity index is 319. The van der Waals surface area contributed by atoms with Crippen LogP contribution in [0.15, 0.2) is 6.20 Å². The third kappa shape index (κ3) is 1.92. The average molecular weight is 214 g/mol. The number of aryl methyl sites for hydroxylation is 1. The van der Waals surface area contributed by atoms with Crippen molar-refractivity contribution in [1.29, 1.82) is 0 Å². The molecular formula is C10H16ClN3. The molecule has 0 amide bonds. The van der Waals surface area contributed by atoms with Gasteiger partial charge < -0.3 is 0 Å². The van der Waals surface area contributed by atoms with Crippen molar-refractivity contribution in [2.24, 2.45) is 18.4 Å². The van der Waals surface area contributed by atoms with Gasteiger partial charge in [0.25, 0.3) is 0 Å². The first-order valence-corrected chi connectivity index (χ1v) is 5.59. The van der Waals surface area contributed by atoms with Gasteiger partial charge in [0.05, 0.1) is 5.69 Å².